The van der Waals surface area contributed by atoms with E-state index in [1.54, 1.807) is 17.4 Å². The Kier molecular flexibility index (Phi) is 5.30. The number of anilines is 1. The molecule has 1 aliphatic heterocycles. The number of nitrogens with one attached hydrogen (secondary N) is 1. The van der Waals surface area contributed by atoms with Gasteiger partial charge in [-0.15, -0.1) is 11.3 Å². The number of hydrogen-bond donors (Lipinski definition) is 1. The van der Waals surface area contributed by atoms with Crippen LogP contribution in [-0.2, 0) is 4.79 Å². The summed E-state index contributed by atoms with van der Waals surface area (Å²) in [6, 6.07) is 7.66. The second-order valence-electron chi connectivity index (χ2n) is 5.76. The first-order chi connectivity index (χ1) is 11.1. The minimum atomic E-state index is -0.00166. The highest BCUT2D eigenvalue weighted by Gasteiger charge is 2.27. The van der Waals surface area contributed by atoms with Gasteiger partial charge in [0, 0.05) is 18.3 Å². The summed E-state index contributed by atoms with van der Waals surface area (Å²) < 4.78 is 0. The number of benzene rings is 1. The molecule has 1 fully saturated rings. The lowest BCUT2D eigenvalue weighted by Crippen LogP contribution is -2.28. The van der Waals surface area contributed by atoms with E-state index in [1.807, 2.05) is 25.1 Å². The Morgan fingerprint density at radius 1 is 1.48 bits per heavy atom. The summed E-state index contributed by atoms with van der Waals surface area (Å²) in [6.07, 6.45) is 2.74. The fraction of sp³-hybridized carbons (Fsp3) is 0.412. The zero-order valence-electron chi connectivity index (χ0n) is 13.1. The van der Waals surface area contributed by atoms with E-state index >= 15 is 0 Å². The Balaban J connectivity index is 1.55. The molecule has 0 spiro atoms. The number of aryl methyl sites for hydroxylation is 1. The molecule has 1 saturated heterocycles. The van der Waals surface area contributed by atoms with Gasteiger partial charge in [0.05, 0.1) is 27.5 Å². The third kappa shape index (κ3) is 4.10. The van der Waals surface area contributed by atoms with Crippen molar-refractivity contribution < 1.29 is 4.79 Å². The molecular weight excluding hydrogens is 330 g/mol. The van der Waals surface area contributed by atoms with Gasteiger partial charge in [0.25, 0.3) is 0 Å². The SMILES string of the molecule is Cc1nc([C@H]2CCCN2CCC(=O)Nc2ccccc2Cl)cs1. The lowest BCUT2D eigenvalue weighted by atomic mass is 10.1. The summed E-state index contributed by atoms with van der Waals surface area (Å²) in [4.78, 5) is 19.1. The normalized spacial score (nSPS) is 18.3. The third-order valence-corrected chi connectivity index (χ3v) is 5.24. The Bertz CT molecular complexity index is 688. The van der Waals surface area contributed by atoms with E-state index in [0.29, 0.717) is 23.2 Å². The molecule has 1 aliphatic rings. The molecule has 4 nitrogen and oxygen atoms in total. The molecule has 1 amide bonds. The van der Waals surface area contributed by atoms with Crippen LogP contribution < -0.4 is 5.32 Å². The van der Waals surface area contributed by atoms with Crippen molar-refractivity contribution in [2.75, 3.05) is 18.4 Å². The van der Waals surface area contributed by atoms with Gasteiger partial charge in [-0.25, -0.2) is 4.98 Å². The van der Waals surface area contributed by atoms with Gasteiger partial charge in [-0.1, -0.05) is 23.7 Å². The highest BCUT2D eigenvalue weighted by molar-refractivity contribution is 7.09. The molecule has 2 heterocycles. The van der Waals surface area contributed by atoms with Crippen molar-refractivity contribution in [1.29, 1.82) is 0 Å². The fourth-order valence-electron chi connectivity index (χ4n) is 2.98. The molecule has 3 rings (SSSR count). The van der Waals surface area contributed by atoms with Crippen molar-refractivity contribution in [1.82, 2.24) is 9.88 Å². The van der Waals surface area contributed by atoms with Gasteiger partial charge in [0.2, 0.25) is 5.91 Å². The van der Waals surface area contributed by atoms with Gasteiger partial charge < -0.3 is 5.32 Å². The lowest BCUT2D eigenvalue weighted by molar-refractivity contribution is -0.116. The van der Waals surface area contributed by atoms with E-state index in [4.69, 9.17) is 11.6 Å². The molecule has 0 saturated carbocycles. The number of rotatable bonds is 5. The lowest BCUT2D eigenvalue weighted by Gasteiger charge is -2.22. The van der Waals surface area contributed by atoms with E-state index in [9.17, 15) is 4.79 Å². The van der Waals surface area contributed by atoms with Gasteiger partial charge in [-0.05, 0) is 38.4 Å². The van der Waals surface area contributed by atoms with E-state index in [1.165, 1.54) is 0 Å². The average molecular weight is 350 g/mol. The fourth-order valence-corrected chi connectivity index (χ4v) is 3.82. The van der Waals surface area contributed by atoms with E-state index < -0.39 is 0 Å². The molecule has 0 aliphatic carbocycles. The average Bonchev–Trinajstić information content (AvgIpc) is 3.16. The zero-order chi connectivity index (χ0) is 16.2. The molecule has 23 heavy (non-hydrogen) atoms. The highest BCUT2D eigenvalue weighted by Crippen LogP contribution is 2.32. The van der Waals surface area contributed by atoms with Gasteiger partial charge in [0.1, 0.15) is 0 Å². The van der Waals surface area contributed by atoms with Gasteiger partial charge in [-0.3, -0.25) is 9.69 Å². The van der Waals surface area contributed by atoms with Crippen LogP contribution in [0.4, 0.5) is 5.69 Å². The van der Waals surface area contributed by atoms with Crippen molar-refractivity contribution >= 4 is 34.5 Å². The van der Waals surface area contributed by atoms with Crippen molar-refractivity contribution in [2.24, 2.45) is 0 Å². The van der Waals surface area contributed by atoms with Crippen molar-refractivity contribution in [3.05, 3.63) is 45.4 Å². The molecule has 1 aromatic heterocycles. The van der Waals surface area contributed by atoms with E-state index in [2.05, 4.69) is 20.6 Å². The Morgan fingerprint density at radius 2 is 2.30 bits per heavy atom. The van der Waals surface area contributed by atoms with Crippen LogP contribution in [0.3, 0.4) is 0 Å². The number of thiazole rings is 1. The van der Waals surface area contributed by atoms with Crippen LogP contribution in [0.25, 0.3) is 0 Å². The molecule has 1 atom stereocenters. The first-order valence-corrected chi connectivity index (χ1v) is 9.09. The molecule has 2 aromatic rings. The maximum Gasteiger partial charge on any atom is 0.225 e. The molecule has 1 aromatic carbocycles. The minimum absolute atomic E-state index is 0.00166. The molecule has 0 unspecified atom stereocenters. The number of carbonyl (C=O) groups is 1. The maximum atomic E-state index is 12.2. The minimum Gasteiger partial charge on any atom is -0.325 e. The quantitative estimate of drug-likeness (QED) is 0.876. The largest absolute Gasteiger partial charge is 0.325 e. The molecule has 1 N–H and O–H groups in total. The first-order valence-electron chi connectivity index (χ1n) is 7.84. The smallest absolute Gasteiger partial charge is 0.225 e. The topological polar surface area (TPSA) is 45.2 Å². The summed E-state index contributed by atoms with van der Waals surface area (Å²) in [5, 5.41) is 6.69. The third-order valence-electron chi connectivity index (χ3n) is 4.12. The van der Waals surface area contributed by atoms with Crippen LogP contribution in [0.15, 0.2) is 29.6 Å². The second kappa shape index (κ2) is 7.43. The predicted molar refractivity (Wildman–Crippen MR) is 95.1 cm³/mol. The number of para-hydroxylation sites is 1. The van der Waals surface area contributed by atoms with Crippen molar-refractivity contribution in [3.8, 4) is 0 Å². The van der Waals surface area contributed by atoms with Crippen LogP contribution in [0.5, 0.6) is 0 Å². The Hall–Kier alpha value is -1.43. The Morgan fingerprint density at radius 3 is 3.04 bits per heavy atom. The summed E-state index contributed by atoms with van der Waals surface area (Å²) >= 11 is 7.76. The predicted octanol–water partition coefficient (Wildman–Crippen LogP) is 4.27. The van der Waals surface area contributed by atoms with Crippen LogP contribution in [0, 0.1) is 6.92 Å². The van der Waals surface area contributed by atoms with Gasteiger partial charge >= 0.3 is 0 Å². The molecule has 0 radical (unpaired) electrons. The van der Waals surface area contributed by atoms with Crippen LogP contribution in [0.1, 0.15) is 36.0 Å². The second-order valence-corrected chi connectivity index (χ2v) is 7.23. The van der Waals surface area contributed by atoms with E-state index in [-0.39, 0.29) is 5.91 Å². The number of aromatic nitrogens is 1. The van der Waals surface area contributed by atoms with Crippen molar-refractivity contribution in [2.45, 2.75) is 32.2 Å². The standard InChI is InChI=1S/C17H20ClN3OS/c1-12-19-15(11-23-12)16-7-4-9-21(16)10-8-17(22)20-14-6-3-2-5-13(14)18/h2-3,5-6,11,16H,4,7-10H2,1H3,(H,20,22)/t16-/m1/s1. The highest BCUT2D eigenvalue weighted by atomic mass is 35.5. The first kappa shape index (κ1) is 16.4. The monoisotopic (exact) mass is 349 g/mol. The van der Waals surface area contributed by atoms with E-state index in [0.717, 1.165) is 36.6 Å². The number of likely N-dealkylation sites (tertiary alicyclic amines) is 1. The summed E-state index contributed by atoms with van der Waals surface area (Å²) in [7, 11) is 0. The number of nitrogens with zero attached hydrogens (tertiary/aromatic N) is 2. The number of halogens is 1. The number of carbonyl (C=O) groups excluding carboxylic acids is 1. The Labute approximate surface area is 145 Å². The summed E-state index contributed by atoms with van der Waals surface area (Å²) in [5.41, 5.74) is 1.82. The molecule has 0 bridgehead atoms. The van der Waals surface area contributed by atoms with Crippen molar-refractivity contribution in [3.63, 3.8) is 0 Å². The van der Waals surface area contributed by atoms with Crippen LogP contribution >= 0.6 is 22.9 Å². The number of hydrogen-bond acceptors (Lipinski definition) is 4. The van der Waals surface area contributed by atoms with Gasteiger partial charge in [-0.2, -0.15) is 0 Å². The summed E-state index contributed by atoms with van der Waals surface area (Å²) in [6.45, 7) is 3.81. The zero-order valence-corrected chi connectivity index (χ0v) is 14.7. The number of amides is 1. The van der Waals surface area contributed by atoms with Gasteiger partial charge in [0.15, 0.2) is 0 Å². The van der Waals surface area contributed by atoms with Crippen LogP contribution in [0.2, 0.25) is 5.02 Å². The molecule has 122 valence electrons. The van der Waals surface area contributed by atoms with Crippen LogP contribution in [-0.4, -0.2) is 28.9 Å². The molecular formula is C17H20ClN3OS. The molecule has 6 heteroatoms. The summed E-state index contributed by atoms with van der Waals surface area (Å²) in [5.74, 6) is -0.00166. The maximum absolute atomic E-state index is 12.2.